The number of likely N-dealkylation sites (tertiary alicyclic amines) is 1. The van der Waals surface area contributed by atoms with Crippen LogP contribution in [0.25, 0.3) is 11.5 Å². The van der Waals surface area contributed by atoms with E-state index in [1.54, 1.807) is 0 Å². The second-order valence-corrected chi connectivity index (χ2v) is 6.11. The maximum Gasteiger partial charge on any atom is 0.222 e. The number of hydrogen-bond donors (Lipinski definition) is 1. The molecule has 0 aromatic carbocycles. The topological polar surface area (TPSA) is 73.8 Å². The molecule has 1 saturated heterocycles. The van der Waals surface area contributed by atoms with E-state index in [0.29, 0.717) is 5.82 Å². The summed E-state index contributed by atoms with van der Waals surface area (Å²) in [5.74, 6) is 0.538. The monoisotopic (exact) mass is 315 g/mol. The van der Waals surface area contributed by atoms with Crippen molar-refractivity contribution in [2.24, 2.45) is 0 Å². The van der Waals surface area contributed by atoms with E-state index in [1.165, 1.54) is 44.5 Å². The standard InChI is InChI=1S/C16H25N7/c1-2-7-23(11-10-22-8-3-4-9-22)13-14-5-6-15(17-12-14)16-18-20-21-19-16/h5-6,12H,2-4,7-11,13H2,1H3,(H,18,19,20,21). The number of pyridine rings is 1. The van der Waals surface area contributed by atoms with Crippen molar-refractivity contribution >= 4 is 0 Å². The Labute approximate surface area is 137 Å². The molecular formula is C16H25N7. The van der Waals surface area contributed by atoms with Crippen molar-refractivity contribution in [3.05, 3.63) is 23.9 Å². The number of tetrazole rings is 1. The molecule has 0 bridgehead atoms. The fourth-order valence-electron chi connectivity index (χ4n) is 3.05. The number of aromatic nitrogens is 5. The molecule has 1 N–H and O–H groups in total. The van der Waals surface area contributed by atoms with Gasteiger partial charge >= 0.3 is 0 Å². The minimum atomic E-state index is 0.538. The van der Waals surface area contributed by atoms with Crippen LogP contribution in [0.3, 0.4) is 0 Å². The van der Waals surface area contributed by atoms with Crippen LogP contribution in [0.15, 0.2) is 18.3 Å². The van der Waals surface area contributed by atoms with Gasteiger partial charge in [-0.2, -0.15) is 5.21 Å². The number of nitrogens with zero attached hydrogens (tertiary/aromatic N) is 6. The summed E-state index contributed by atoms with van der Waals surface area (Å²) >= 11 is 0. The van der Waals surface area contributed by atoms with Crippen molar-refractivity contribution < 1.29 is 0 Å². The van der Waals surface area contributed by atoms with E-state index in [-0.39, 0.29) is 0 Å². The molecule has 1 fully saturated rings. The maximum atomic E-state index is 4.45. The lowest BCUT2D eigenvalue weighted by Gasteiger charge is -2.24. The van der Waals surface area contributed by atoms with Crippen molar-refractivity contribution in [3.63, 3.8) is 0 Å². The first-order chi connectivity index (χ1) is 11.3. The second kappa shape index (κ2) is 8.12. The van der Waals surface area contributed by atoms with E-state index < -0.39 is 0 Å². The summed E-state index contributed by atoms with van der Waals surface area (Å²) in [5.41, 5.74) is 1.98. The fraction of sp³-hybridized carbons (Fsp3) is 0.625. The molecule has 0 aliphatic carbocycles. The third-order valence-electron chi connectivity index (χ3n) is 4.28. The number of nitrogens with one attached hydrogen (secondary N) is 1. The molecule has 124 valence electrons. The molecule has 0 spiro atoms. The summed E-state index contributed by atoms with van der Waals surface area (Å²) in [6.07, 6.45) is 5.81. The second-order valence-electron chi connectivity index (χ2n) is 6.11. The summed E-state index contributed by atoms with van der Waals surface area (Å²) in [7, 11) is 0. The fourth-order valence-corrected chi connectivity index (χ4v) is 3.05. The van der Waals surface area contributed by atoms with Gasteiger partial charge in [0.05, 0.1) is 0 Å². The normalized spacial score (nSPS) is 15.6. The third-order valence-corrected chi connectivity index (χ3v) is 4.28. The molecule has 0 atom stereocenters. The molecule has 0 radical (unpaired) electrons. The Hall–Kier alpha value is -1.86. The first kappa shape index (κ1) is 16.0. The van der Waals surface area contributed by atoms with Crippen LogP contribution in [0.4, 0.5) is 0 Å². The van der Waals surface area contributed by atoms with Crippen LogP contribution in [-0.2, 0) is 6.54 Å². The van der Waals surface area contributed by atoms with Gasteiger partial charge in [-0.1, -0.05) is 13.0 Å². The number of H-pyrrole nitrogens is 1. The van der Waals surface area contributed by atoms with Crippen molar-refractivity contribution in [2.45, 2.75) is 32.7 Å². The zero-order valence-corrected chi connectivity index (χ0v) is 13.8. The van der Waals surface area contributed by atoms with Gasteiger partial charge in [-0.25, -0.2) is 0 Å². The van der Waals surface area contributed by atoms with E-state index in [1.807, 2.05) is 12.3 Å². The molecule has 0 unspecified atom stereocenters. The van der Waals surface area contributed by atoms with E-state index in [2.05, 4.69) is 48.4 Å². The van der Waals surface area contributed by atoms with Gasteiger partial charge in [-0.3, -0.25) is 9.88 Å². The highest BCUT2D eigenvalue weighted by molar-refractivity contribution is 5.47. The Morgan fingerprint density at radius 1 is 1.22 bits per heavy atom. The van der Waals surface area contributed by atoms with Crippen molar-refractivity contribution in [1.29, 1.82) is 0 Å². The SMILES string of the molecule is CCCN(CCN1CCCC1)Cc1ccc(-c2nn[nH]n2)nc1. The average Bonchev–Trinajstić information content (AvgIpc) is 3.27. The van der Waals surface area contributed by atoms with E-state index in [0.717, 1.165) is 25.3 Å². The maximum absolute atomic E-state index is 4.45. The van der Waals surface area contributed by atoms with Gasteiger partial charge < -0.3 is 4.90 Å². The summed E-state index contributed by atoms with van der Waals surface area (Å²) in [5, 5.41) is 13.9. The van der Waals surface area contributed by atoms with Crippen LogP contribution in [0.2, 0.25) is 0 Å². The quantitative estimate of drug-likeness (QED) is 0.797. The molecule has 2 aromatic rings. The van der Waals surface area contributed by atoms with Crippen LogP contribution in [0.5, 0.6) is 0 Å². The van der Waals surface area contributed by atoms with E-state index in [4.69, 9.17) is 0 Å². The Balaban J connectivity index is 1.55. The molecule has 0 amide bonds. The molecule has 23 heavy (non-hydrogen) atoms. The molecule has 3 rings (SSSR count). The summed E-state index contributed by atoms with van der Waals surface area (Å²) in [6.45, 7) is 9.14. The number of rotatable bonds is 8. The molecule has 7 nitrogen and oxygen atoms in total. The van der Waals surface area contributed by atoms with E-state index in [9.17, 15) is 0 Å². The first-order valence-corrected chi connectivity index (χ1v) is 8.48. The predicted octanol–water partition coefficient (Wildman–Crippen LogP) is 1.57. The van der Waals surface area contributed by atoms with Gasteiger partial charge in [-0.15, -0.1) is 10.2 Å². The summed E-state index contributed by atoms with van der Waals surface area (Å²) in [6, 6.07) is 4.07. The zero-order valence-electron chi connectivity index (χ0n) is 13.8. The molecule has 1 aliphatic rings. The van der Waals surface area contributed by atoms with Crippen LogP contribution in [-0.4, -0.2) is 68.1 Å². The Kier molecular flexibility index (Phi) is 5.65. The highest BCUT2D eigenvalue weighted by Gasteiger charge is 2.13. The lowest BCUT2D eigenvalue weighted by molar-refractivity contribution is 0.218. The third kappa shape index (κ3) is 4.56. The van der Waals surface area contributed by atoms with Gasteiger partial charge in [0.2, 0.25) is 5.82 Å². The van der Waals surface area contributed by atoms with Crippen LogP contribution in [0.1, 0.15) is 31.7 Å². The number of hydrogen-bond acceptors (Lipinski definition) is 6. The highest BCUT2D eigenvalue weighted by atomic mass is 15.5. The van der Waals surface area contributed by atoms with Gasteiger partial charge in [-0.05, 0) is 55.7 Å². The van der Waals surface area contributed by atoms with Gasteiger partial charge in [0.1, 0.15) is 5.69 Å². The Morgan fingerprint density at radius 2 is 2.09 bits per heavy atom. The molecule has 0 saturated carbocycles. The minimum absolute atomic E-state index is 0.538. The predicted molar refractivity (Wildman–Crippen MR) is 88.7 cm³/mol. The highest BCUT2D eigenvalue weighted by Crippen LogP contribution is 2.12. The largest absolute Gasteiger partial charge is 0.302 e. The minimum Gasteiger partial charge on any atom is -0.302 e. The van der Waals surface area contributed by atoms with Crippen LogP contribution >= 0.6 is 0 Å². The molecule has 3 heterocycles. The molecular weight excluding hydrogens is 290 g/mol. The van der Waals surface area contributed by atoms with E-state index >= 15 is 0 Å². The van der Waals surface area contributed by atoms with Gasteiger partial charge in [0, 0.05) is 25.8 Å². The molecule has 2 aromatic heterocycles. The van der Waals surface area contributed by atoms with Crippen molar-refractivity contribution in [3.8, 4) is 11.5 Å². The lowest BCUT2D eigenvalue weighted by Crippen LogP contribution is -2.34. The summed E-state index contributed by atoms with van der Waals surface area (Å²) in [4.78, 5) is 9.54. The Bertz CT molecular complexity index is 561. The van der Waals surface area contributed by atoms with Crippen LogP contribution < -0.4 is 0 Å². The lowest BCUT2D eigenvalue weighted by atomic mass is 10.2. The molecule has 1 aliphatic heterocycles. The van der Waals surface area contributed by atoms with Crippen molar-refractivity contribution in [1.82, 2.24) is 35.4 Å². The number of aromatic amines is 1. The zero-order chi connectivity index (χ0) is 15.9. The average molecular weight is 315 g/mol. The van der Waals surface area contributed by atoms with Crippen LogP contribution in [0, 0.1) is 0 Å². The first-order valence-electron chi connectivity index (χ1n) is 8.48. The van der Waals surface area contributed by atoms with Gasteiger partial charge in [0.15, 0.2) is 0 Å². The van der Waals surface area contributed by atoms with Gasteiger partial charge in [0.25, 0.3) is 0 Å². The molecule has 7 heteroatoms. The van der Waals surface area contributed by atoms with Crippen molar-refractivity contribution in [2.75, 3.05) is 32.7 Å². The summed E-state index contributed by atoms with van der Waals surface area (Å²) < 4.78 is 0. The Morgan fingerprint density at radius 3 is 2.74 bits per heavy atom. The smallest absolute Gasteiger partial charge is 0.222 e.